The van der Waals surface area contributed by atoms with E-state index in [0.29, 0.717) is 12.8 Å². The fourth-order valence-corrected chi connectivity index (χ4v) is 3.79. The Balaban J connectivity index is 2.45. The Bertz CT molecular complexity index is 252. The fraction of sp³-hybridized carbons (Fsp3) is 0.714. The van der Waals surface area contributed by atoms with Crippen LogP contribution in [0.4, 0.5) is 9.59 Å². The maximum atomic E-state index is 10.9. The largest absolute Gasteiger partial charge is 0.350 e. The number of carbonyl (C=O) groups is 2. The van der Waals surface area contributed by atoms with E-state index in [2.05, 4.69) is 0 Å². The maximum absolute atomic E-state index is 10.9. The van der Waals surface area contributed by atoms with Crippen LogP contribution in [0.1, 0.15) is 12.8 Å². The van der Waals surface area contributed by atoms with Gasteiger partial charge < -0.3 is 11.5 Å². The normalized spacial score (nSPS) is 27.1. The molecule has 0 atom stereocenters. The highest BCUT2D eigenvalue weighted by Crippen LogP contribution is 2.35. The van der Waals surface area contributed by atoms with Crippen LogP contribution in [0.25, 0.3) is 0 Å². The van der Waals surface area contributed by atoms with Crippen LogP contribution in [0.15, 0.2) is 0 Å². The number of hydrogen-bond donors (Lipinski definition) is 5. The molecule has 0 aromatic carbocycles. The highest BCUT2D eigenvalue weighted by Gasteiger charge is 2.27. The first-order valence-electron chi connectivity index (χ1n) is 4.86. The molecule has 1 aliphatic heterocycles. The average molecular weight is 250 g/mol. The molecule has 0 aromatic rings. The van der Waals surface area contributed by atoms with Crippen molar-refractivity contribution < 1.29 is 9.59 Å². The van der Waals surface area contributed by atoms with E-state index < -0.39 is 23.1 Å². The van der Waals surface area contributed by atoms with Crippen molar-refractivity contribution in [3.63, 3.8) is 0 Å². The van der Waals surface area contributed by atoms with Gasteiger partial charge in [-0.25, -0.2) is 25.7 Å². The van der Waals surface area contributed by atoms with E-state index in [9.17, 15) is 9.59 Å². The summed E-state index contributed by atoms with van der Waals surface area (Å²) in [7, 11) is 0. The summed E-state index contributed by atoms with van der Waals surface area (Å²) in [6.45, 7) is 0. The van der Waals surface area contributed by atoms with Gasteiger partial charge in [0.25, 0.3) is 0 Å². The molecule has 0 bridgehead atoms. The summed E-state index contributed by atoms with van der Waals surface area (Å²) < 4.78 is 1.09. The van der Waals surface area contributed by atoms with Crippen molar-refractivity contribution in [2.75, 3.05) is 11.5 Å². The monoisotopic (exact) mass is 250 g/mol. The lowest BCUT2D eigenvalue weighted by Crippen LogP contribution is -2.51. The van der Waals surface area contributed by atoms with Crippen molar-refractivity contribution in [2.24, 2.45) is 23.2 Å². The number of carbonyl (C=O) groups excluding carboxylic acids is 2. The van der Waals surface area contributed by atoms with Crippen LogP contribution in [0, 0.1) is 0 Å². The van der Waals surface area contributed by atoms with Gasteiger partial charge in [0.1, 0.15) is 0 Å². The molecule has 1 heterocycles. The fourth-order valence-electron chi connectivity index (χ4n) is 1.67. The van der Waals surface area contributed by atoms with Gasteiger partial charge in [-0.2, -0.15) is 11.1 Å². The number of hydrazine groups is 2. The topological polar surface area (TPSA) is 145 Å². The average Bonchev–Trinajstić information content (AvgIpc) is 2.27. The molecule has 16 heavy (non-hydrogen) atoms. The van der Waals surface area contributed by atoms with Crippen molar-refractivity contribution >= 4 is 23.1 Å². The zero-order valence-corrected chi connectivity index (χ0v) is 9.77. The second kappa shape index (κ2) is 5.23. The molecule has 8 N–H and O–H groups in total. The molecule has 0 aromatic heterocycles. The molecule has 4 amide bonds. The summed E-state index contributed by atoms with van der Waals surface area (Å²) in [4.78, 5) is 21.7. The molecule has 0 radical (unpaired) electrons. The van der Waals surface area contributed by atoms with Gasteiger partial charge in [-0.1, -0.05) is 0 Å². The number of rotatable bonds is 2. The SMILES string of the molecule is NC(=O)N(N)C1CC[SH](N(N)C(N)=O)CC1. The Kier molecular flexibility index (Phi) is 4.21. The Hall–Kier alpha value is -1.19. The van der Waals surface area contributed by atoms with E-state index in [1.807, 2.05) is 0 Å². The van der Waals surface area contributed by atoms with Gasteiger partial charge in [-0.3, -0.25) is 5.01 Å². The van der Waals surface area contributed by atoms with Crippen molar-refractivity contribution in [3.05, 3.63) is 0 Å². The molecule has 1 fully saturated rings. The second-order valence-electron chi connectivity index (χ2n) is 3.61. The number of thiol groups is 1. The summed E-state index contributed by atoms with van der Waals surface area (Å²) in [5.41, 5.74) is 10.1. The van der Waals surface area contributed by atoms with E-state index in [4.69, 9.17) is 23.2 Å². The maximum Gasteiger partial charge on any atom is 0.337 e. The molecule has 9 heteroatoms. The van der Waals surface area contributed by atoms with Crippen LogP contribution in [0.3, 0.4) is 0 Å². The van der Waals surface area contributed by atoms with Gasteiger partial charge in [-0.15, -0.1) is 0 Å². The third-order valence-electron chi connectivity index (χ3n) is 2.62. The molecule has 1 saturated heterocycles. The summed E-state index contributed by atoms with van der Waals surface area (Å²) in [5.74, 6) is 12.5. The Morgan fingerprint density at radius 1 is 1.06 bits per heavy atom. The van der Waals surface area contributed by atoms with Crippen LogP contribution >= 0.6 is 11.1 Å². The van der Waals surface area contributed by atoms with E-state index in [0.717, 1.165) is 20.9 Å². The molecule has 1 aliphatic rings. The molecule has 0 aliphatic carbocycles. The van der Waals surface area contributed by atoms with Gasteiger partial charge in [0, 0.05) is 0 Å². The second-order valence-corrected chi connectivity index (χ2v) is 5.95. The van der Waals surface area contributed by atoms with Gasteiger partial charge in [-0.05, 0) is 24.3 Å². The number of nitrogens with two attached hydrogens (primary N) is 4. The van der Waals surface area contributed by atoms with E-state index >= 15 is 0 Å². The predicted molar refractivity (Wildman–Crippen MR) is 63.0 cm³/mol. The standard InChI is InChI=1S/C7H18N6O2S/c8-6(14)12(10)5-1-3-16(4-2-5)13(11)7(9)15/h5,16H,1-4,10-11H2,(H2,8,14)(H2,9,15). The van der Waals surface area contributed by atoms with Crippen molar-refractivity contribution in [1.29, 1.82) is 0 Å². The molecular weight excluding hydrogens is 232 g/mol. The third kappa shape index (κ3) is 2.90. The van der Waals surface area contributed by atoms with Gasteiger partial charge in [0.2, 0.25) is 0 Å². The summed E-state index contributed by atoms with van der Waals surface area (Å²) in [5, 5.41) is 1.04. The van der Waals surface area contributed by atoms with Crippen LogP contribution < -0.4 is 23.2 Å². The first-order valence-corrected chi connectivity index (χ1v) is 6.52. The number of amides is 4. The number of urea groups is 2. The van der Waals surface area contributed by atoms with E-state index in [1.165, 1.54) is 0 Å². The molecule has 0 saturated carbocycles. The number of primary amides is 2. The summed E-state index contributed by atoms with van der Waals surface area (Å²) >= 11 is -0.741. The van der Waals surface area contributed by atoms with Gasteiger partial charge in [0.05, 0.1) is 6.04 Å². The highest BCUT2D eigenvalue weighted by atomic mass is 32.2. The Labute approximate surface area is 96.3 Å². The highest BCUT2D eigenvalue weighted by molar-refractivity contribution is 8.15. The molecule has 8 nitrogen and oxygen atoms in total. The minimum Gasteiger partial charge on any atom is -0.350 e. The first-order chi connectivity index (χ1) is 7.43. The quantitative estimate of drug-likeness (QED) is 0.177. The molecule has 0 spiro atoms. The first kappa shape index (κ1) is 12.9. The van der Waals surface area contributed by atoms with Crippen molar-refractivity contribution in [1.82, 2.24) is 9.42 Å². The van der Waals surface area contributed by atoms with Crippen LogP contribution in [0.2, 0.25) is 0 Å². The summed E-state index contributed by atoms with van der Waals surface area (Å²) in [6.07, 6.45) is 1.37. The molecule has 1 rings (SSSR count). The minimum atomic E-state index is -0.741. The molecule has 0 unspecified atom stereocenters. The Morgan fingerprint density at radius 3 is 1.94 bits per heavy atom. The Morgan fingerprint density at radius 2 is 1.56 bits per heavy atom. The van der Waals surface area contributed by atoms with Gasteiger partial charge in [0.15, 0.2) is 0 Å². The van der Waals surface area contributed by atoms with Crippen molar-refractivity contribution in [3.8, 4) is 0 Å². The number of hydrogen-bond acceptors (Lipinski definition) is 4. The van der Waals surface area contributed by atoms with Crippen LogP contribution in [-0.2, 0) is 0 Å². The molecule has 94 valence electrons. The zero-order chi connectivity index (χ0) is 12.3. The van der Waals surface area contributed by atoms with Gasteiger partial charge >= 0.3 is 12.1 Å². The zero-order valence-electron chi connectivity index (χ0n) is 8.87. The van der Waals surface area contributed by atoms with E-state index in [-0.39, 0.29) is 6.04 Å². The summed E-state index contributed by atoms with van der Waals surface area (Å²) in [6, 6.07) is -1.34. The third-order valence-corrected chi connectivity index (χ3v) is 4.97. The minimum absolute atomic E-state index is 0.0717. The lowest BCUT2D eigenvalue weighted by atomic mass is 10.1. The molecular formula is C7H18N6O2S. The van der Waals surface area contributed by atoms with E-state index in [1.54, 1.807) is 0 Å². The smallest absolute Gasteiger partial charge is 0.337 e. The lowest BCUT2D eigenvalue weighted by Gasteiger charge is -2.38. The number of nitrogens with zero attached hydrogens (tertiary/aromatic N) is 2. The van der Waals surface area contributed by atoms with Crippen LogP contribution in [-0.4, -0.2) is 39.0 Å². The predicted octanol–water partition coefficient (Wildman–Crippen LogP) is -1.43. The van der Waals surface area contributed by atoms with Crippen LogP contribution in [0.5, 0.6) is 0 Å². The lowest BCUT2D eigenvalue weighted by molar-refractivity contribution is 0.179. The van der Waals surface area contributed by atoms with Crippen molar-refractivity contribution in [2.45, 2.75) is 18.9 Å².